The predicted octanol–water partition coefficient (Wildman–Crippen LogP) is 2.79. The highest BCUT2D eigenvalue weighted by Crippen LogP contribution is 2.34. The number of β-amino-alcohol motifs (C(OH)–C–C–N with tert-alkyl or cyclic N) is 1. The van der Waals surface area contributed by atoms with Crippen LogP contribution in [0, 0.1) is 0 Å². The van der Waals surface area contributed by atoms with E-state index < -0.39 is 6.10 Å². The van der Waals surface area contributed by atoms with Gasteiger partial charge in [0.15, 0.2) is 0 Å². The van der Waals surface area contributed by atoms with Crippen molar-refractivity contribution >= 4 is 28.4 Å². The van der Waals surface area contributed by atoms with Crippen molar-refractivity contribution in [3.63, 3.8) is 0 Å². The minimum atomic E-state index is -0.464. The molecule has 0 radical (unpaired) electrons. The van der Waals surface area contributed by atoms with Crippen LogP contribution in [-0.4, -0.2) is 41.2 Å². The van der Waals surface area contributed by atoms with Gasteiger partial charge >= 0.3 is 0 Å². The molecule has 3 atom stereocenters. The first-order valence-electron chi connectivity index (χ1n) is 9.13. The van der Waals surface area contributed by atoms with Gasteiger partial charge in [0.25, 0.3) is 0 Å². The van der Waals surface area contributed by atoms with Gasteiger partial charge in [-0.3, -0.25) is 4.79 Å². The molecule has 0 spiro atoms. The van der Waals surface area contributed by atoms with Crippen molar-refractivity contribution in [3.8, 4) is 0 Å². The number of benzene rings is 2. The lowest BCUT2D eigenvalue weighted by atomic mass is 9.90. The second kappa shape index (κ2) is 7.72. The average Bonchev–Trinajstić information content (AvgIpc) is 3.30. The minimum absolute atomic E-state index is 0.0786. The quantitative estimate of drug-likeness (QED) is 0.547. The van der Waals surface area contributed by atoms with Crippen molar-refractivity contribution in [2.75, 3.05) is 13.1 Å². The molecule has 140 valence electrons. The smallest absolute Gasteiger partial charge is 0.237 e. The molecule has 27 heavy (non-hydrogen) atoms. The molecule has 3 aromatic rings. The summed E-state index contributed by atoms with van der Waals surface area (Å²) in [6.07, 6.45) is 1.96. The van der Waals surface area contributed by atoms with Gasteiger partial charge in [0, 0.05) is 41.1 Å². The number of hydrogen-bond donors (Lipinski definition) is 4. The number of aromatic amines is 1. The summed E-state index contributed by atoms with van der Waals surface area (Å²) in [4.78, 5) is 15.8. The molecule has 5 nitrogen and oxygen atoms in total. The van der Waals surface area contributed by atoms with Crippen LogP contribution in [0.15, 0.2) is 54.7 Å². The van der Waals surface area contributed by atoms with E-state index in [-0.39, 0.29) is 17.9 Å². The average molecular weight is 384 g/mol. The normalized spacial score (nSPS) is 20.7. The maximum Gasteiger partial charge on any atom is 0.237 e. The Morgan fingerprint density at radius 1 is 1.19 bits per heavy atom. The first-order valence-corrected chi connectivity index (χ1v) is 9.51. The molecule has 4 N–H and O–H groups in total. The number of aromatic nitrogens is 1. The zero-order chi connectivity index (χ0) is 18.8. The number of hydrogen-bond acceptors (Lipinski definition) is 3. The highest BCUT2D eigenvalue weighted by molar-refractivity contribution is 6.31. The van der Waals surface area contributed by atoms with Gasteiger partial charge in [-0.25, -0.2) is 0 Å². The number of fused-ring (bicyclic) bond motifs is 1. The number of rotatable bonds is 5. The van der Waals surface area contributed by atoms with E-state index in [2.05, 4.69) is 21.7 Å². The minimum Gasteiger partial charge on any atom is -0.392 e. The van der Waals surface area contributed by atoms with E-state index in [0.717, 1.165) is 22.0 Å². The van der Waals surface area contributed by atoms with Crippen molar-refractivity contribution in [2.24, 2.45) is 0 Å². The van der Waals surface area contributed by atoms with Crippen molar-refractivity contribution in [3.05, 3.63) is 70.9 Å². The molecule has 1 aliphatic heterocycles. The fourth-order valence-electron chi connectivity index (χ4n) is 3.77. The Labute approximate surface area is 162 Å². The van der Waals surface area contributed by atoms with E-state index in [9.17, 15) is 9.90 Å². The molecule has 2 aromatic carbocycles. The molecule has 1 amide bonds. The van der Waals surface area contributed by atoms with E-state index in [1.165, 1.54) is 0 Å². The Morgan fingerprint density at radius 2 is 1.96 bits per heavy atom. The van der Waals surface area contributed by atoms with Crippen LogP contribution in [0.3, 0.4) is 0 Å². The first kappa shape index (κ1) is 18.0. The molecule has 0 bridgehead atoms. The summed E-state index contributed by atoms with van der Waals surface area (Å²) in [7, 11) is 0. The molecule has 0 aliphatic carbocycles. The summed E-state index contributed by atoms with van der Waals surface area (Å²) in [5.74, 6) is -0.173. The van der Waals surface area contributed by atoms with E-state index in [1.54, 1.807) is 0 Å². The van der Waals surface area contributed by atoms with E-state index in [4.69, 9.17) is 11.6 Å². The molecule has 2 heterocycles. The monoisotopic (exact) mass is 383 g/mol. The molecule has 3 unspecified atom stereocenters. The zero-order valence-electron chi connectivity index (χ0n) is 14.8. The SMILES string of the molecule is O=C(NCC(c1ccccc1Cl)c1c[nH]c2ccccc12)C1CC(O)CN1. The zero-order valence-corrected chi connectivity index (χ0v) is 15.5. The fraction of sp³-hybridized carbons (Fsp3) is 0.286. The van der Waals surface area contributed by atoms with Crippen LogP contribution in [0.2, 0.25) is 5.02 Å². The Kier molecular flexibility index (Phi) is 5.16. The van der Waals surface area contributed by atoms with Crippen LogP contribution < -0.4 is 10.6 Å². The number of para-hydroxylation sites is 1. The number of nitrogens with one attached hydrogen (secondary N) is 3. The van der Waals surface area contributed by atoms with Gasteiger partial charge in [0.1, 0.15) is 0 Å². The van der Waals surface area contributed by atoms with Crippen LogP contribution >= 0.6 is 11.6 Å². The molecule has 1 saturated heterocycles. The highest BCUT2D eigenvalue weighted by atomic mass is 35.5. The van der Waals surface area contributed by atoms with Crippen molar-refractivity contribution in [1.82, 2.24) is 15.6 Å². The summed E-state index contributed by atoms with van der Waals surface area (Å²) < 4.78 is 0. The number of aliphatic hydroxyl groups is 1. The summed E-state index contributed by atoms with van der Waals surface area (Å²) in [6, 6.07) is 15.5. The second-order valence-electron chi connectivity index (χ2n) is 6.96. The number of halogens is 1. The standard InChI is InChI=1S/C21H22ClN3O2/c22-18-7-3-1-5-14(18)16(12-25-21(27)20-9-13(26)10-23-20)17-11-24-19-8-4-2-6-15(17)19/h1-8,11,13,16,20,23-24,26H,9-10,12H2,(H,25,27). The molecular formula is C21H22ClN3O2. The van der Waals surface area contributed by atoms with Crippen molar-refractivity contribution in [2.45, 2.75) is 24.5 Å². The topological polar surface area (TPSA) is 77.2 Å². The van der Waals surface area contributed by atoms with Crippen LogP contribution in [0.5, 0.6) is 0 Å². The maximum absolute atomic E-state index is 12.5. The first-order chi connectivity index (χ1) is 13.1. The fourth-order valence-corrected chi connectivity index (χ4v) is 4.04. The Balaban J connectivity index is 1.63. The van der Waals surface area contributed by atoms with Crippen LogP contribution in [0.4, 0.5) is 0 Å². The molecule has 1 aliphatic rings. The van der Waals surface area contributed by atoms with Crippen LogP contribution in [-0.2, 0) is 4.79 Å². The summed E-state index contributed by atoms with van der Waals surface area (Å²) >= 11 is 6.48. The predicted molar refractivity (Wildman–Crippen MR) is 107 cm³/mol. The van der Waals surface area contributed by atoms with Crippen molar-refractivity contribution in [1.29, 1.82) is 0 Å². The molecule has 4 rings (SSSR count). The van der Waals surface area contributed by atoms with Crippen molar-refractivity contribution < 1.29 is 9.90 Å². The van der Waals surface area contributed by atoms with Gasteiger partial charge in [-0.15, -0.1) is 0 Å². The third-order valence-electron chi connectivity index (χ3n) is 5.18. The number of amides is 1. The third kappa shape index (κ3) is 3.72. The Bertz CT molecular complexity index is 955. The number of carbonyl (C=O) groups is 1. The van der Waals surface area contributed by atoms with E-state index in [1.807, 2.05) is 48.7 Å². The van der Waals surface area contributed by atoms with Crippen LogP contribution in [0.25, 0.3) is 10.9 Å². The van der Waals surface area contributed by atoms with Gasteiger partial charge in [-0.1, -0.05) is 48.0 Å². The molecule has 0 saturated carbocycles. The summed E-state index contributed by atoms with van der Waals surface area (Å²) in [5, 5.41) is 17.5. The van der Waals surface area contributed by atoms with Gasteiger partial charge in [0.2, 0.25) is 5.91 Å². The number of H-pyrrole nitrogens is 1. The van der Waals surface area contributed by atoms with Crippen LogP contribution in [0.1, 0.15) is 23.5 Å². The lowest BCUT2D eigenvalue weighted by molar-refractivity contribution is -0.122. The lowest BCUT2D eigenvalue weighted by Gasteiger charge is -2.20. The number of aliphatic hydroxyl groups excluding tert-OH is 1. The Morgan fingerprint density at radius 3 is 2.74 bits per heavy atom. The van der Waals surface area contributed by atoms with Gasteiger partial charge in [-0.2, -0.15) is 0 Å². The lowest BCUT2D eigenvalue weighted by Crippen LogP contribution is -2.42. The molecule has 1 fully saturated rings. The molecular weight excluding hydrogens is 362 g/mol. The summed E-state index contributed by atoms with van der Waals surface area (Å²) in [6.45, 7) is 0.882. The van der Waals surface area contributed by atoms with E-state index in [0.29, 0.717) is 24.5 Å². The highest BCUT2D eigenvalue weighted by Gasteiger charge is 2.29. The van der Waals surface area contributed by atoms with Gasteiger partial charge in [0.05, 0.1) is 12.1 Å². The number of carbonyl (C=O) groups excluding carboxylic acids is 1. The largest absolute Gasteiger partial charge is 0.392 e. The van der Waals surface area contributed by atoms with Gasteiger partial charge < -0.3 is 20.7 Å². The molecule has 6 heteroatoms. The van der Waals surface area contributed by atoms with Gasteiger partial charge in [-0.05, 0) is 29.7 Å². The Hall–Kier alpha value is -2.34. The third-order valence-corrected chi connectivity index (χ3v) is 5.53. The maximum atomic E-state index is 12.5. The van der Waals surface area contributed by atoms with E-state index >= 15 is 0 Å². The summed E-state index contributed by atoms with van der Waals surface area (Å²) in [5.41, 5.74) is 3.12. The second-order valence-corrected chi connectivity index (χ2v) is 7.37. The molecule has 1 aromatic heterocycles.